The van der Waals surface area contributed by atoms with Crippen LogP contribution in [-0.2, 0) is 16.1 Å². The Kier molecular flexibility index (Phi) is 4.71. The average molecular weight is 347 g/mol. The molecule has 1 aliphatic rings. The third-order valence-corrected chi connectivity index (χ3v) is 4.06. The number of hydrogen-bond donors (Lipinski definition) is 1. The largest absolute Gasteiger partial charge is 0.404 e. The third-order valence-electron chi connectivity index (χ3n) is 3.13. The number of nitro groups is 1. The first-order valence-electron chi connectivity index (χ1n) is 6.24. The molecule has 0 bridgehead atoms. The minimum atomic E-state index is -0.585. The SMILES string of the molecule is Cc1c(Br)c([N+](=O)[O-])nn1CC(=O)NC[C@@H]1CCCO1. The number of nitrogens with one attached hydrogen (secondary N) is 1. The molecule has 0 spiro atoms. The average Bonchev–Trinajstić information content (AvgIpc) is 3.00. The highest BCUT2D eigenvalue weighted by Gasteiger charge is 2.24. The van der Waals surface area contributed by atoms with Gasteiger partial charge in [-0.2, -0.15) is 4.68 Å². The fourth-order valence-electron chi connectivity index (χ4n) is 2.00. The molecular formula is C11H15BrN4O4. The van der Waals surface area contributed by atoms with Crippen molar-refractivity contribution in [2.24, 2.45) is 0 Å². The maximum Gasteiger partial charge on any atom is 0.404 e. The van der Waals surface area contributed by atoms with Crippen molar-refractivity contribution < 1.29 is 14.5 Å². The quantitative estimate of drug-likeness (QED) is 0.636. The molecule has 1 amide bonds. The topological polar surface area (TPSA) is 99.3 Å². The second-order valence-electron chi connectivity index (χ2n) is 4.58. The van der Waals surface area contributed by atoms with Crippen LogP contribution in [0.2, 0.25) is 0 Å². The normalized spacial score (nSPS) is 18.2. The summed E-state index contributed by atoms with van der Waals surface area (Å²) < 4.78 is 7.01. The van der Waals surface area contributed by atoms with Crippen molar-refractivity contribution in [2.75, 3.05) is 13.2 Å². The van der Waals surface area contributed by atoms with Crippen LogP contribution in [0.5, 0.6) is 0 Å². The van der Waals surface area contributed by atoms with E-state index in [-0.39, 0.29) is 24.4 Å². The highest BCUT2D eigenvalue weighted by atomic mass is 79.9. The number of aromatic nitrogens is 2. The minimum Gasteiger partial charge on any atom is -0.376 e. The van der Waals surface area contributed by atoms with Gasteiger partial charge < -0.3 is 20.2 Å². The first-order valence-corrected chi connectivity index (χ1v) is 7.04. The molecule has 0 saturated carbocycles. The molecule has 1 aromatic rings. The van der Waals surface area contributed by atoms with Gasteiger partial charge in [0, 0.05) is 13.2 Å². The molecule has 20 heavy (non-hydrogen) atoms. The number of nitrogens with zero attached hydrogens (tertiary/aromatic N) is 3. The first-order chi connectivity index (χ1) is 9.49. The van der Waals surface area contributed by atoms with Crippen molar-refractivity contribution in [3.63, 3.8) is 0 Å². The molecule has 1 aromatic heterocycles. The molecule has 2 heterocycles. The van der Waals surface area contributed by atoms with E-state index >= 15 is 0 Å². The molecule has 0 unspecified atom stereocenters. The summed E-state index contributed by atoms with van der Waals surface area (Å²) in [4.78, 5) is 22.0. The smallest absolute Gasteiger partial charge is 0.376 e. The summed E-state index contributed by atoms with van der Waals surface area (Å²) in [7, 11) is 0. The fraction of sp³-hybridized carbons (Fsp3) is 0.636. The highest BCUT2D eigenvalue weighted by molar-refractivity contribution is 9.10. The van der Waals surface area contributed by atoms with Crippen LogP contribution in [0.25, 0.3) is 0 Å². The molecule has 1 fully saturated rings. The van der Waals surface area contributed by atoms with E-state index in [0.29, 0.717) is 16.7 Å². The van der Waals surface area contributed by atoms with E-state index in [9.17, 15) is 14.9 Å². The van der Waals surface area contributed by atoms with Crippen LogP contribution in [0.15, 0.2) is 4.47 Å². The standard InChI is InChI=1S/C11H15BrN4O4/c1-7-10(12)11(16(18)19)14-15(7)6-9(17)13-5-8-3-2-4-20-8/h8H,2-6H2,1H3,(H,13,17)/t8-/m0/s1. The van der Waals surface area contributed by atoms with Gasteiger partial charge in [0.15, 0.2) is 0 Å². The zero-order chi connectivity index (χ0) is 14.7. The van der Waals surface area contributed by atoms with Gasteiger partial charge in [0.25, 0.3) is 0 Å². The summed E-state index contributed by atoms with van der Waals surface area (Å²) in [6, 6.07) is 0. The van der Waals surface area contributed by atoms with Crippen LogP contribution >= 0.6 is 15.9 Å². The Morgan fingerprint density at radius 2 is 2.45 bits per heavy atom. The van der Waals surface area contributed by atoms with Gasteiger partial charge in [0.2, 0.25) is 5.91 Å². The van der Waals surface area contributed by atoms with Crippen molar-refractivity contribution >= 4 is 27.7 Å². The molecular weight excluding hydrogens is 332 g/mol. The molecule has 0 aliphatic carbocycles. The number of carbonyl (C=O) groups excluding carboxylic acids is 1. The number of amides is 1. The second-order valence-corrected chi connectivity index (χ2v) is 5.37. The molecule has 1 atom stereocenters. The van der Waals surface area contributed by atoms with Crippen LogP contribution < -0.4 is 5.32 Å². The van der Waals surface area contributed by atoms with Crippen LogP contribution in [0.4, 0.5) is 5.82 Å². The maximum atomic E-state index is 11.8. The molecule has 0 radical (unpaired) electrons. The highest BCUT2D eigenvalue weighted by Crippen LogP contribution is 2.26. The zero-order valence-electron chi connectivity index (χ0n) is 11.0. The lowest BCUT2D eigenvalue weighted by atomic mass is 10.2. The van der Waals surface area contributed by atoms with E-state index < -0.39 is 4.92 Å². The van der Waals surface area contributed by atoms with E-state index in [2.05, 4.69) is 26.3 Å². The van der Waals surface area contributed by atoms with E-state index in [4.69, 9.17) is 4.74 Å². The lowest BCUT2D eigenvalue weighted by molar-refractivity contribution is -0.390. The molecule has 8 nitrogen and oxygen atoms in total. The fourth-order valence-corrected chi connectivity index (χ4v) is 2.43. The molecule has 1 saturated heterocycles. The summed E-state index contributed by atoms with van der Waals surface area (Å²) in [5, 5.41) is 17.3. The van der Waals surface area contributed by atoms with Gasteiger partial charge in [0.1, 0.15) is 11.0 Å². The second kappa shape index (κ2) is 6.31. The Balaban J connectivity index is 1.93. The summed E-state index contributed by atoms with van der Waals surface area (Å²) in [5.74, 6) is -0.525. The first kappa shape index (κ1) is 14.9. The lowest BCUT2D eigenvalue weighted by Gasteiger charge is -2.10. The molecule has 1 aliphatic heterocycles. The Morgan fingerprint density at radius 1 is 1.70 bits per heavy atom. The van der Waals surface area contributed by atoms with Gasteiger partial charge in [-0.15, -0.1) is 0 Å². The van der Waals surface area contributed by atoms with E-state index in [1.54, 1.807) is 6.92 Å². The molecule has 110 valence electrons. The van der Waals surface area contributed by atoms with Crippen molar-refractivity contribution in [3.05, 3.63) is 20.3 Å². The number of ether oxygens (including phenoxy) is 1. The number of halogens is 1. The predicted molar refractivity (Wildman–Crippen MR) is 73.3 cm³/mol. The van der Waals surface area contributed by atoms with Crippen molar-refractivity contribution in [1.29, 1.82) is 0 Å². The van der Waals surface area contributed by atoms with Crippen LogP contribution in [-0.4, -0.2) is 39.9 Å². The van der Waals surface area contributed by atoms with Crippen LogP contribution in [0, 0.1) is 17.0 Å². The Bertz CT molecular complexity index is 525. The summed E-state index contributed by atoms with van der Waals surface area (Å²) >= 11 is 3.11. The monoisotopic (exact) mass is 346 g/mol. The Hall–Kier alpha value is -1.48. The predicted octanol–water partition coefficient (Wildman–Crippen LogP) is 1.16. The van der Waals surface area contributed by atoms with Gasteiger partial charge in [0.05, 0.1) is 16.9 Å². The molecule has 2 rings (SSSR count). The van der Waals surface area contributed by atoms with Crippen molar-refractivity contribution in [1.82, 2.24) is 15.1 Å². The molecule has 9 heteroatoms. The molecule has 1 N–H and O–H groups in total. The van der Waals surface area contributed by atoms with Crippen molar-refractivity contribution in [2.45, 2.75) is 32.4 Å². The number of hydrogen-bond acceptors (Lipinski definition) is 5. The summed E-state index contributed by atoms with van der Waals surface area (Å²) in [5.41, 5.74) is 0.545. The lowest BCUT2D eigenvalue weighted by Crippen LogP contribution is -2.34. The molecule has 0 aromatic carbocycles. The van der Waals surface area contributed by atoms with E-state index in [1.165, 1.54) is 4.68 Å². The Morgan fingerprint density at radius 3 is 3.00 bits per heavy atom. The van der Waals surface area contributed by atoms with Crippen LogP contribution in [0.3, 0.4) is 0 Å². The van der Waals surface area contributed by atoms with Gasteiger partial charge in [-0.05, 0) is 40.6 Å². The van der Waals surface area contributed by atoms with E-state index in [1.807, 2.05) is 0 Å². The van der Waals surface area contributed by atoms with E-state index in [0.717, 1.165) is 19.4 Å². The summed E-state index contributed by atoms with van der Waals surface area (Å²) in [6.07, 6.45) is 2.02. The maximum absolute atomic E-state index is 11.8. The number of carbonyl (C=O) groups is 1. The van der Waals surface area contributed by atoms with Crippen LogP contribution in [0.1, 0.15) is 18.5 Å². The Labute approximate surface area is 123 Å². The van der Waals surface area contributed by atoms with Crippen molar-refractivity contribution in [3.8, 4) is 0 Å². The number of rotatable bonds is 5. The summed E-state index contributed by atoms with van der Waals surface area (Å²) in [6.45, 7) is 2.81. The van der Waals surface area contributed by atoms with Gasteiger partial charge in [-0.25, -0.2) is 0 Å². The van der Waals surface area contributed by atoms with Gasteiger partial charge in [-0.3, -0.25) is 4.79 Å². The minimum absolute atomic E-state index is 0.0506. The van der Waals surface area contributed by atoms with Gasteiger partial charge in [-0.1, -0.05) is 0 Å². The van der Waals surface area contributed by atoms with Gasteiger partial charge >= 0.3 is 5.82 Å². The zero-order valence-corrected chi connectivity index (χ0v) is 12.6. The third kappa shape index (κ3) is 3.34.